The molecule has 0 radical (unpaired) electrons. The minimum Gasteiger partial charge on any atom is -0.364 e. The van der Waals surface area contributed by atoms with Gasteiger partial charge in [-0.1, -0.05) is 23.2 Å². The van der Waals surface area contributed by atoms with Crippen molar-refractivity contribution < 1.29 is 4.39 Å². The third-order valence-electron chi connectivity index (χ3n) is 5.24. The van der Waals surface area contributed by atoms with E-state index in [0.717, 1.165) is 38.3 Å². The van der Waals surface area contributed by atoms with Crippen LogP contribution in [-0.4, -0.2) is 54.3 Å². The summed E-state index contributed by atoms with van der Waals surface area (Å²) in [5, 5.41) is 13.6. The van der Waals surface area contributed by atoms with Gasteiger partial charge in [0, 0.05) is 49.3 Å². The Morgan fingerprint density at radius 2 is 1.84 bits per heavy atom. The third kappa shape index (κ3) is 4.99. The van der Waals surface area contributed by atoms with Gasteiger partial charge in [-0.2, -0.15) is 5.26 Å². The second-order valence-corrected chi connectivity index (χ2v) is 8.17. The van der Waals surface area contributed by atoms with Crippen LogP contribution >= 0.6 is 23.2 Å². The summed E-state index contributed by atoms with van der Waals surface area (Å²) < 4.78 is 12.8. The molecule has 1 aliphatic heterocycles. The van der Waals surface area contributed by atoms with Gasteiger partial charge in [0.1, 0.15) is 6.67 Å². The van der Waals surface area contributed by atoms with E-state index in [4.69, 9.17) is 28.2 Å². The van der Waals surface area contributed by atoms with Crippen molar-refractivity contribution in [2.45, 2.75) is 6.54 Å². The van der Waals surface area contributed by atoms with Crippen molar-refractivity contribution >= 4 is 45.9 Å². The molecule has 1 aliphatic rings. The predicted molar refractivity (Wildman–Crippen MR) is 123 cm³/mol. The minimum absolute atomic E-state index is 0.163. The highest BCUT2D eigenvalue weighted by atomic mass is 35.5. The quantitative estimate of drug-likeness (QED) is 0.585. The highest BCUT2D eigenvalue weighted by Gasteiger charge is 2.22. The normalized spacial score (nSPS) is 14.6. The van der Waals surface area contributed by atoms with Gasteiger partial charge in [-0.15, -0.1) is 0 Å². The van der Waals surface area contributed by atoms with Crippen LogP contribution < -0.4 is 10.2 Å². The van der Waals surface area contributed by atoms with E-state index in [2.05, 4.69) is 26.2 Å². The molecule has 1 N–H and O–H groups in total. The van der Waals surface area contributed by atoms with Gasteiger partial charge in [-0.3, -0.25) is 4.90 Å². The standard InChI is InChI=1S/C22H21Cl2FN6/c23-17-2-3-18(24)16(12-17)14-30-7-9-31(10-8-30)22-21(27-6-5-25)28-19-4-1-15(13-26)11-20(19)29-22/h1-4,11-12H,5-10,14H2,(H,27,28). The Bertz CT molecular complexity index is 1120. The van der Waals surface area contributed by atoms with Crippen LogP contribution in [-0.2, 0) is 6.54 Å². The molecular formula is C22H21Cl2FN6. The molecule has 31 heavy (non-hydrogen) atoms. The number of piperazine rings is 1. The summed E-state index contributed by atoms with van der Waals surface area (Å²) in [5.41, 5.74) is 2.84. The second-order valence-electron chi connectivity index (χ2n) is 7.33. The molecule has 0 amide bonds. The zero-order valence-electron chi connectivity index (χ0n) is 16.8. The molecule has 1 fully saturated rings. The molecule has 0 aliphatic carbocycles. The number of nitrogens with one attached hydrogen (secondary N) is 1. The Hall–Kier alpha value is -2.66. The Kier molecular flexibility index (Phi) is 6.71. The van der Waals surface area contributed by atoms with Gasteiger partial charge in [0.15, 0.2) is 11.6 Å². The number of benzene rings is 2. The third-order valence-corrected chi connectivity index (χ3v) is 5.84. The van der Waals surface area contributed by atoms with Gasteiger partial charge in [0.2, 0.25) is 0 Å². The van der Waals surface area contributed by atoms with Crippen LogP contribution in [0.3, 0.4) is 0 Å². The van der Waals surface area contributed by atoms with Crippen molar-refractivity contribution in [3.63, 3.8) is 0 Å². The van der Waals surface area contributed by atoms with Gasteiger partial charge >= 0.3 is 0 Å². The smallest absolute Gasteiger partial charge is 0.172 e. The van der Waals surface area contributed by atoms with Crippen molar-refractivity contribution in [2.75, 3.05) is 49.6 Å². The first-order valence-electron chi connectivity index (χ1n) is 10.0. The molecule has 4 rings (SSSR count). The average Bonchev–Trinajstić information content (AvgIpc) is 2.79. The molecule has 3 aromatic rings. The number of fused-ring (bicyclic) bond motifs is 1. The van der Waals surface area contributed by atoms with E-state index in [9.17, 15) is 9.65 Å². The SMILES string of the molecule is N#Cc1ccc2nc(NCCF)c(N3CCN(Cc4cc(Cl)ccc4Cl)CC3)nc2c1. The maximum atomic E-state index is 12.8. The maximum absolute atomic E-state index is 12.8. The predicted octanol–water partition coefficient (Wildman–Crippen LogP) is 4.51. The minimum atomic E-state index is -0.499. The molecule has 0 spiro atoms. The highest BCUT2D eigenvalue weighted by molar-refractivity contribution is 6.33. The molecule has 2 heterocycles. The summed E-state index contributed by atoms with van der Waals surface area (Å²) in [5.74, 6) is 1.23. The van der Waals surface area contributed by atoms with Gasteiger partial charge in [-0.25, -0.2) is 14.4 Å². The summed E-state index contributed by atoms with van der Waals surface area (Å²) >= 11 is 12.4. The Morgan fingerprint density at radius 1 is 1.03 bits per heavy atom. The highest BCUT2D eigenvalue weighted by Crippen LogP contribution is 2.28. The van der Waals surface area contributed by atoms with E-state index >= 15 is 0 Å². The molecule has 0 unspecified atom stereocenters. The lowest BCUT2D eigenvalue weighted by atomic mass is 10.2. The van der Waals surface area contributed by atoms with E-state index in [1.54, 1.807) is 24.3 Å². The fraction of sp³-hybridized carbons (Fsp3) is 0.318. The van der Waals surface area contributed by atoms with Gasteiger partial charge in [0.25, 0.3) is 0 Å². The Balaban J connectivity index is 1.54. The van der Waals surface area contributed by atoms with E-state index in [-0.39, 0.29) is 6.54 Å². The number of hydrogen-bond acceptors (Lipinski definition) is 6. The molecule has 2 aromatic carbocycles. The number of anilines is 2. The fourth-order valence-corrected chi connectivity index (χ4v) is 4.01. The number of alkyl halides is 1. The lowest BCUT2D eigenvalue weighted by Gasteiger charge is -2.36. The van der Waals surface area contributed by atoms with E-state index in [0.29, 0.717) is 38.3 Å². The van der Waals surface area contributed by atoms with Crippen LogP contribution in [0.15, 0.2) is 36.4 Å². The number of aromatic nitrogens is 2. The summed E-state index contributed by atoms with van der Waals surface area (Å²) in [7, 11) is 0. The lowest BCUT2D eigenvalue weighted by Crippen LogP contribution is -2.46. The molecule has 9 heteroatoms. The zero-order valence-corrected chi connectivity index (χ0v) is 18.3. The van der Waals surface area contributed by atoms with Crippen molar-refractivity contribution in [2.24, 2.45) is 0 Å². The largest absolute Gasteiger partial charge is 0.364 e. The average molecular weight is 459 g/mol. The molecular weight excluding hydrogens is 438 g/mol. The molecule has 1 aromatic heterocycles. The number of nitriles is 1. The number of nitrogens with zero attached hydrogens (tertiary/aromatic N) is 5. The Morgan fingerprint density at radius 3 is 2.58 bits per heavy atom. The van der Waals surface area contributed by atoms with Gasteiger partial charge < -0.3 is 10.2 Å². The zero-order chi connectivity index (χ0) is 21.8. The molecule has 6 nitrogen and oxygen atoms in total. The number of halogens is 3. The summed E-state index contributed by atoms with van der Waals surface area (Å²) in [6.07, 6.45) is 0. The van der Waals surface area contributed by atoms with Crippen molar-refractivity contribution in [1.82, 2.24) is 14.9 Å². The van der Waals surface area contributed by atoms with Crippen LogP contribution in [0.25, 0.3) is 11.0 Å². The summed E-state index contributed by atoms with van der Waals surface area (Å²) in [4.78, 5) is 13.9. The fourth-order valence-electron chi connectivity index (χ4n) is 3.64. The van der Waals surface area contributed by atoms with E-state index < -0.39 is 6.67 Å². The number of hydrogen-bond donors (Lipinski definition) is 1. The van der Waals surface area contributed by atoms with Crippen LogP contribution in [0.1, 0.15) is 11.1 Å². The van der Waals surface area contributed by atoms with Crippen molar-refractivity contribution in [3.8, 4) is 6.07 Å². The lowest BCUT2D eigenvalue weighted by molar-refractivity contribution is 0.249. The summed E-state index contributed by atoms with van der Waals surface area (Å²) in [6, 6.07) is 12.8. The van der Waals surface area contributed by atoms with Gasteiger partial charge in [-0.05, 0) is 42.0 Å². The molecule has 1 saturated heterocycles. The van der Waals surface area contributed by atoms with Crippen molar-refractivity contribution in [1.29, 1.82) is 5.26 Å². The molecule has 0 bridgehead atoms. The Labute approximate surface area is 190 Å². The summed E-state index contributed by atoms with van der Waals surface area (Å²) in [6.45, 7) is 3.47. The van der Waals surface area contributed by atoms with Crippen molar-refractivity contribution in [3.05, 3.63) is 57.6 Å². The molecule has 160 valence electrons. The molecule has 0 atom stereocenters. The van der Waals surface area contributed by atoms with Crippen LogP contribution in [0.4, 0.5) is 16.0 Å². The molecule has 0 saturated carbocycles. The van der Waals surface area contributed by atoms with Crippen LogP contribution in [0.2, 0.25) is 10.0 Å². The van der Waals surface area contributed by atoms with Crippen LogP contribution in [0, 0.1) is 11.3 Å². The first-order valence-corrected chi connectivity index (χ1v) is 10.8. The van der Waals surface area contributed by atoms with E-state index in [1.807, 2.05) is 12.1 Å². The van der Waals surface area contributed by atoms with E-state index in [1.165, 1.54) is 0 Å². The second kappa shape index (κ2) is 9.65. The topological polar surface area (TPSA) is 68.1 Å². The van der Waals surface area contributed by atoms with Crippen LogP contribution in [0.5, 0.6) is 0 Å². The first-order chi connectivity index (χ1) is 15.1. The van der Waals surface area contributed by atoms with Gasteiger partial charge in [0.05, 0.1) is 22.7 Å². The first kappa shape index (κ1) is 21.6. The number of rotatable bonds is 6. The monoisotopic (exact) mass is 458 g/mol. The maximum Gasteiger partial charge on any atom is 0.172 e.